The number of amides is 2. The van der Waals surface area contributed by atoms with Crippen LogP contribution in [-0.2, 0) is 28.1 Å². The molecule has 6 nitrogen and oxygen atoms in total. The van der Waals surface area contributed by atoms with E-state index in [-0.39, 0.29) is 23.3 Å². The van der Waals surface area contributed by atoms with Crippen LogP contribution in [0.2, 0.25) is 0 Å². The van der Waals surface area contributed by atoms with E-state index in [1.54, 1.807) is 23.9 Å². The predicted molar refractivity (Wildman–Crippen MR) is 137 cm³/mol. The lowest BCUT2D eigenvalue weighted by atomic mass is 9.65. The summed E-state index contributed by atoms with van der Waals surface area (Å²) in [6, 6.07) is 3.79. The molecule has 0 saturated heterocycles. The third kappa shape index (κ3) is 5.35. The average Bonchev–Trinajstić information content (AvgIpc) is 3.29. The molecule has 2 aromatic heterocycles. The van der Waals surface area contributed by atoms with E-state index in [1.807, 2.05) is 32.9 Å². The first-order valence-electron chi connectivity index (χ1n) is 12.4. The van der Waals surface area contributed by atoms with E-state index in [1.165, 1.54) is 0 Å². The van der Waals surface area contributed by atoms with E-state index >= 15 is 0 Å². The van der Waals surface area contributed by atoms with Crippen molar-refractivity contribution >= 4 is 23.3 Å². The second-order valence-corrected chi connectivity index (χ2v) is 12.2. The number of carbonyl (C=O) groups excluding carboxylic acids is 2. The molecule has 2 aromatic rings. The van der Waals surface area contributed by atoms with Crippen LogP contribution in [0.1, 0.15) is 85.3 Å². The lowest BCUT2D eigenvalue weighted by Gasteiger charge is -2.38. The van der Waals surface area contributed by atoms with Crippen molar-refractivity contribution in [3.63, 3.8) is 0 Å². The fourth-order valence-electron chi connectivity index (χ4n) is 4.71. The number of rotatable bonds is 7. The Morgan fingerprint density at radius 2 is 1.91 bits per heavy atom. The molecule has 0 aromatic carbocycles. The molecule has 2 atom stereocenters. The van der Waals surface area contributed by atoms with Gasteiger partial charge in [0.1, 0.15) is 4.67 Å². The van der Waals surface area contributed by atoms with Crippen molar-refractivity contribution in [1.29, 1.82) is 0 Å². The summed E-state index contributed by atoms with van der Waals surface area (Å²) in [6.45, 7) is 15.2. The van der Waals surface area contributed by atoms with Gasteiger partial charge in [-0.3, -0.25) is 18.5 Å². The minimum atomic E-state index is -0.690. The first-order chi connectivity index (χ1) is 15.9. The van der Waals surface area contributed by atoms with Gasteiger partial charge in [-0.2, -0.15) is 0 Å². The van der Waals surface area contributed by atoms with Crippen molar-refractivity contribution in [2.75, 3.05) is 0 Å². The van der Waals surface area contributed by atoms with Crippen molar-refractivity contribution in [3.8, 4) is 0 Å². The monoisotopic (exact) mass is 484 g/mol. The van der Waals surface area contributed by atoms with Crippen molar-refractivity contribution in [2.24, 2.45) is 21.7 Å². The van der Waals surface area contributed by atoms with Crippen molar-refractivity contribution in [1.82, 2.24) is 14.3 Å². The highest BCUT2D eigenvalue weighted by atomic mass is 32.1. The Kier molecular flexibility index (Phi) is 7.85. The van der Waals surface area contributed by atoms with Crippen LogP contribution in [0.25, 0.3) is 0 Å². The van der Waals surface area contributed by atoms with Crippen molar-refractivity contribution < 1.29 is 9.59 Å². The van der Waals surface area contributed by atoms with E-state index in [4.69, 9.17) is 4.99 Å². The molecule has 2 heterocycles. The van der Waals surface area contributed by atoms with Gasteiger partial charge in [0.15, 0.2) is 0 Å². The molecule has 2 amide bonds. The number of hydrogen-bond acceptors (Lipinski definition) is 4. The molecule has 34 heavy (non-hydrogen) atoms. The van der Waals surface area contributed by atoms with E-state index in [0.717, 1.165) is 35.1 Å². The summed E-state index contributed by atoms with van der Waals surface area (Å²) < 4.78 is 3.01. The van der Waals surface area contributed by atoms with Gasteiger partial charge in [-0.1, -0.05) is 34.1 Å². The molecular weight excluding hydrogens is 444 g/mol. The van der Waals surface area contributed by atoms with Crippen LogP contribution in [0.15, 0.2) is 35.7 Å². The summed E-state index contributed by atoms with van der Waals surface area (Å²) in [5, 5.41) is 3.07. The molecule has 0 spiro atoms. The molecule has 7 heteroatoms. The van der Waals surface area contributed by atoms with Crippen molar-refractivity contribution in [3.05, 3.63) is 46.5 Å². The SMILES string of the molecule is CCCCc1cn(C(C)(C)C)sc1=NC(=O)C1(C)CCC(C(=O)NCc2ccncc2)C1(C)C. The molecular formula is C27H40N4O2S. The molecule has 0 aliphatic heterocycles. The third-order valence-corrected chi connectivity index (χ3v) is 9.00. The number of hydrogen-bond donors (Lipinski definition) is 1. The maximum Gasteiger partial charge on any atom is 0.253 e. The van der Waals surface area contributed by atoms with Gasteiger partial charge in [-0.25, -0.2) is 4.99 Å². The summed E-state index contributed by atoms with van der Waals surface area (Å²) >= 11 is 1.56. The molecule has 1 saturated carbocycles. The number of nitrogens with one attached hydrogen (secondary N) is 1. The van der Waals surface area contributed by atoms with E-state index in [0.29, 0.717) is 19.4 Å². The number of pyridine rings is 1. The Morgan fingerprint density at radius 3 is 2.53 bits per heavy atom. The maximum absolute atomic E-state index is 13.7. The fraction of sp³-hybridized carbons (Fsp3) is 0.630. The fourth-order valence-corrected chi connectivity index (χ4v) is 5.74. The zero-order valence-electron chi connectivity index (χ0n) is 21.8. The largest absolute Gasteiger partial charge is 0.352 e. The van der Waals surface area contributed by atoms with Gasteiger partial charge in [0, 0.05) is 42.2 Å². The molecule has 186 valence electrons. The van der Waals surface area contributed by atoms with E-state index in [9.17, 15) is 9.59 Å². The van der Waals surface area contributed by atoms with Crippen LogP contribution >= 0.6 is 11.5 Å². The average molecular weight is 485 g/mol. The number of carbonyl (C=O) groups is 2. The normalized spacial score (nSPS) is 22.7. The van der Waals surface area contributed by atoms with Gasteiger partial charge in [0.05, 0.1) is 5.41 Å². The lowest BCUT2D eigenvalue weighted by Crippen LogP contribution is -2.45. The smallest absolute Gasteiger partial charge is 0.253 e. The molecule has 1 aliphatic rings. The second kappa shape index (κ2) is 10.1. The molecule has 1 aliphatic carbocycles. The summed E-state index contributed by atoms with van der Waals surface area (Å²) in [6.07, 6.45) is 10.0. The number of unbranched alkanes of at least 4 members (excludes halogenated alkanes) is 1. The van der Waals surface area contributed by atoms with Crippen LogP contribution in [0.3, 0.4) is 0 Å². The summed E-state index contributed by atoms with van der Waals surface area (Å²) in [4.78, 5) is 35.5. The highest BCUT2D eigenvalue weighted by Gasteiger charge is 2.58. The topological polar surface area (TPSA) is 76.3 Å². The Labute approximate surface area is 208 Å². The van der Waals surface area contributed by atoms with E-state index < -0.39 is 10.8 Å². The zero-order chi connectivity index (χ0) is 25.1. The Hall–Kier alpha value is -2.28. The summed E-state index contributed by atoms with van der Waals surface area (Å²) in [7, 11) is 0. The van der Waals surface area contributed by atoms with Gasteiger partial charge in [0.2, 0.25) is 5.91 Å². The Bertz CT molecular complexity index is 1080. The third-order valence-electron chi connectivity index (χ3n) is 7.63. The van der Waals surface area contributed by atoms with Crippen LogP contribution in [-0.4, -0.2) is 20.8 Å². The van der Waals surface area contributed by atoms with Gasteiger partial charge >= 0.3 is 0 Å². The molecule has 1 fully saturated rings. The Morgan fingerprint density at radius 1 is 1.24 bits per heavy atom. The highest BCUT2D eigenvalue weighted by Crippen LogP contribution is 2.56. The second-order valence-electron chi connectivity index (χ2n) is 11.3. The molecule has 3 rings (SSSR count). The first-order valence-corrected chi connectivity index (χ1v) is 13.2. The summed E-state index contributed by atoms with van der Waals surface area (Å²) in [5.41, 5.74) is 0.899. The zero-order valence-corrected chi connectivity index (χ0v) is 22.6. The van der Waals surface area contributed by atoms with Crippen LogP contribution in [0.4, 0.5) is 0 Å². The molecule has 0 radical (unpaired) electrons. The summed E-state index contributed by atoms with van der Waals surface area (Å²) in [5.74, 6) is -0.341. The van der Waals surface area contributed by atoms with Gasteiger partial charge in [0.25, 0.3) is 5.91 Å². The maximum atomic E-state index is 13.7. The number of nitrogens with zero attached hydrogens (tertiary/aromatic N) is 3. The highest BCUT2D eigenvalue weighted by molar-refractivity contribution is 7.04. The van der Waals surface area contributed by atoms with Crippen LogP contribution in [0.5, 0.6) is 0 Å². The van der Waals surface area contributed by atoms with Crippen LogP contribution < -0.4 is 9.99 Å². The first kappa shape index (κ1) is 26.3. The number of aromatic nitrogens is 2. The van der Waals surface area contributed by atoms with Crippen molar-refractivity contribution in [2.45, 2.75) is 92.7 Å². The van der Waals surface area contributed by atoms with E-state index in [2.05, 4.69) is 48.1 Å². The number of aryl methyl sites for hydroxylation is 1. The van der Waals surface area contributed by atoms with Gasteiger partial charge < -0.3 is 5.32 Å². The quantitative estimate of drug-likeness (QED) is 0.585. The minimum absolute atomic E-state index is 0.00340. The standard InChI is InChI=1S/C27H40N4O2S/c1-8-9-10-20-18-31(25(2,3)4)34-23(20)30-24(33)27(7)14-11-21(26(27,5)6)22(32)29-17-19-12-15-28-16-13-19/h12-13,15-16,18,21H,8-11,14,17H2,1-7H3,(H,29,32). The molecule has 1 N–H and O–H groups in total. The Balaban J connectivity index is 1.84. The molecule has 2 unspecified atom stereocenters. The lowest BCUT2D eigenvalue weighted by molar-refractivity contribution is -0.136. The minimum Gasteiger partial charge on any atom is -0.352 e. The van der Waals surface area contributed by atoms with Gasteiger partial charge in [-0.15, -0.1) is 0 Å². The van der Waals surface area contributed by atoms with Gasteiger partial charge in [-0.05, 0) is 81.1 Å². The predicted octanol–water partition coefficient (Wildman–Crippen LogP) is 5.23. The van der Waals surface area contributed by atoms with Crippen LogP contribution in [0, 0.1) is 16.7 Å². The molecule has 0 bridgehead atoms.